The summed E-state index contributed by atoms with van der Waals surface area (Å²) in [7, 11) is -3.55. The molecule has 3 heterocycles. The molecule has 26 heavy (non-hydrogen) atoms. The maximum Gasteiger partial charge on any atom is 0.254 e. The predicted octanol–water partition coefficient (Wildman–Crippen LogP) is 1.11. The van der Waals surface area contributed by atoms with Crippen LogP contribution in [0.5, 0.6) is 0 Å². The Labute approximate surface area is 152 Å². The molecule has 9 heteroatoms. The van der Waals surface area contributed by atoms with E-state index < -0.39 is 10.0 Å². The minimum Gasteiger partial charge on any atom is -0.329 e. The molecule has 0 spiro atoms. The van der Waals surface area contributed by atoms with Crippen molar-refractivity contribution in [3.8, 4) is 0 Å². The molecule has 1 fully saturated rings. The van der Waals surface area contributed by atoms with Crippen LogP contribution in [0.2, 0.25) is 0 Å². The molecule has 1 aromatic carbocycles. The van der Waals surface area contributed by atoms with Crippen molar-refractivity contribution < 1.29 is 13.2 Å². The standard InChI is InChI=1S/C17H21N5O3S/c23-17(20-9-10-22-16(12-20)18-13-19-22)14-5-4-6-15(11-14)26(24,25)21-7-2-1-3-8-21/h4-6,11,13H,1-3,7-10,12H2. The molecule has 8 nitrogen and oxygen atoms in total. The number of carbonyl (C=O) groups excluding carboxylic acids is 1. The van der Waals surface area contributed by atoms with Crippen LogP contribution < -0.4 is 0 Å². The van der Waals surface area contributed by atoms with Crippen LogP contribution in [0.25, 0.3) is 0 Å². The second-order valence-corrected chi connectivity index (χ2v) is 8.56. The smallest absolute Gasteiger partial charge is 0.254 e. The van der Waals surface area contributed by atoms with Gasteiger partial charge in [0.15, 0.2) is 0 Å². The van der Waals surface area contributed by atoms with Crippen LogP contribution >= 0.6 is 0 Å². The van der Waals surface area contributed by atoms with Crippen LogP contribution in [0.3, 0.4) is 0 Å². The molecule has 138 valence electrons. The van der Waals surface area contributed by atoms with E-state index in [1.54, 1.807) is 27.8 Å². The molecule has 0 unspecified atom stereocenters. The summed E-state index contributed by atoms with van der Waals surface area (Å²) in [4.78, 5) is 18.9. The van der Waals surface area contributed by atoms with Gasteiger partial charge in [-0.05, 0) is 31.0 Å². The van der Waals surface area contributed by atoms with Gasteiger partial charge in [-0.2, -0.15) is 9.40 Å². The molecule has 0 saturated carbocycles. The predicted molar refractivity (Wildman–Crippen MR) is 93.8 cm³/mol. The highest BCUT2D eigenvalue weighted by Gasteiger charge is 2.28. The number of hydrogen-bond acceptors (Lipinski definition) is 5. The molecular weight excluding hydrogens is 354 g/mol. The maximum atomic E-state index is 12.8. The minimum absolute atomic E-state index is 0.185. The van der Waals surface area contributed by atoms with Crippen molar-refractivity contribution in [3.05, 3.63) is 42.0 Å². The quantitative estimate of drug-likeness (QED) is 0.802. The van der Waals surface area contributed by atoms with E-state index in [4.69, 9.17) is 0 Å². The van der Waals surface area contributed by atoms with Crippen molar-refractivity contribution in [1.29, 1.82) is 0 Å². The van der Waals surface area contributed by atoms with Gasteiger partial charge in [0.2, 0.25) is 10.0 Å². The lowest BCUT2D eigenvalue weighted by Crippen LogP contribution is -2.39. The highest BCUT2D eigenvalue weighted by Crippen LogP contribution is 2.22. The Morgan fingerprint density at radius 1 is 1.04 bits per heavy atom. The van der Waals surface area contributed by atoms with Gasteiger partial charge in [0, 0.05) is 25.2 Å². The van der Waals surface area contributed by atoms with E-state index in [-0.39, 0.29) is 10.8 Å². The van der Waals surface area contributed by atoms with Crippen LogP contribution in [0.4, 0.5) is 0 Å². The Balaban J connectivity index is 1.57. The number of amides is 1. The van der Waals surface area contributed by atoms with Crippen LogP contribution in [0.15, 0.2) is 35.5 Å². The fourth-order valence-electron chi connectivity index (χ4n) is 3.46. The van der Waals surface area contributed by atoms with Gasteiger partial charge < -0.3 is 4.90 Å². The average Bonchev–Trinajstić information content (AvgIpc) is 3.16. The summed E-state index contributed by atoms with van der Waals surface area (Å²) < 4.78 is 29.0. The van der Waals surface area contributed by atoms with E-state index in [0.29, 0.717) is 38.3 Å². The average molecular weight is 375 g/mol. The third-order valence-electron chi connectivity index (χ3n) is 4.93. The minimum atomic E-state index is -3.55. The first-order valence-electron chi connectivity index (χ1n) is 8.82. The van der Waals surface area contributed by atoms with Crippen molar-refractivity contribution in [2.24, 2.45) is 0 Å². The third-order valence-corrected chi connectivity index (χ3v) is 6.83. The highest BCUT2D eigenvalue weighted by atomic mass is 32.2. The van der Waals surface area contributed by atoms with Crippen LogP contribution in [0, 0.1) is 0 Å². The van der Waals surface area contributed by atoms with Gasteiger partial charge in [-0.15, -0.1) is 0 Å². The zero-order valence-corrected chi connectivity index (χ0v) is 15.2. The topological polar surface area (TPSA) is 88.4 Å². The zero-order valence-electron chi connectivity index (χ0n) is 14.4. The first kappa shape index (κ1) is 17.2. The highest BCUT2D eigenvalue weighted by molar-refractivity contribution is 7.89. The van der Waals surface area contributed by atoms with Crippen molar-refractivity contribution in [2.45, 2.75) is 37.2 Å². The van der Waals surface area contributed by atoms with E-state index in [1.165, 1.54) is 16.7 Å². The molecule has 0 bridgehead atoms. The number of carbonyl (C=O) groups is 1. The second-order valence-electron chi connectivity index (χ2n) is 6.62. The Bertz CT molecular complexity index is 918. The van der Waals surface area contributed by atoms with Gasteiger partial charge in [0.05, 0.1) is 18.0 Å². The van der Waals surface area contributed by atoms with Gasteiger partial charge in [0.25, 0.3) is 5.91 Å². The number of fused-ring (bicyclic) bond motifs is 1. The molecule has 2 aliphatic rings. The van der Waals surface area contributed by atoms with Crippen LogP contribution in [-0.2, 0) is 23.1 Å². The molecule has 2 aromatic rings. The molecule has 4 rings (SSSR count). The number of hydrogen-bond donors (Lipinski definition) is 0. The summed E-state index contributed by atoms with van der Waals surface area (Å²) in [5.74, 6) is 0.552. The Morgan fingerprint density at radius 2 is 1.85 bits per heavy atom. The number of piperidine rings is 1. The molecule has 1 aromatic heterocycles. The van der Waals surface area contributed by atoms with E-state index in [9.17, 15) is 13.2 Å². The Morgan fingerprint density at radius 3 is 2.65 bits per heavy atom. The summed E-state index contributed by atoms with van der Waals surface area (Å²) in [5.41, 5.74) is 0.385. The van der Waals surface area contributed by atoms with E-state index >= 15 is 0 Å². The summed E-state index contributed by atoms with van der Waals surface area (Å²) in [6.07, 6.45) is 4.30. The second kappa shape index (κ2) is 6.81. The largest absolute Gasteiger partial charge is 0.329 e. The van der Waals surface area contributed by atoms with Crippen molar-refractivity contribution >= 4 is 15.9 Å². The number of nitrogens with zero attached hydrogens (tertiary/aromatic N) is 5. The third kappa shape index (κ3) is 3.12. The first-order valence-corrected chi connectivity index (χ1v) is 10.3. The fraction of sp³-hybridized carbons (Fsp3) is 0.471. The van der Waals surface area contributed by atoms with Crippen LogP contribution in [0.1, 0.15) is 35.4 Å². The molecule has 2 aliphatic heterocycles. The van der Waals surface area contributed by atoms with Crippen molar-refractivity contribution in [1.82, 2.24) is 24.0 Å². The molecule has 0 aliphatic carbocycles. The number of sulfonamides is 1. The maximum absolute atomic E-state index is 12.8. The summed E-state index contributed by atoms with van der Waals surface area (Å²) in [5, 5.41) is 4.10. The number of rotatable bonds is 3. The number of aromatic nitrogens is 3. The molecule has 1 amide bonds. The van der Waals surface area contributed by atoms with Gasteiger partial charge in [-0.3, -0.25) is 4.79 Å². The fourth-order valence-corrected chi connectivity index (χ4v) is 5.03. The molecule has 1 saturated heterocycles. The SMILES string of the molecule is O=C(c1cccc(S(=O)(=O)N2CCCCC2)c1)N1CCn2ncnc2C1. The van der Waals surface area contributed by atoms with Crippen molar-refractivity contribution in [2.75, 3.05) is 19.6 Å². The lowest BCUT2D eigenvalue weighted by atomic mass is 10.2. The lowest BCUT2D eigenvalue weighted by molar-refractivity contribution is 0.0702. The Hall–Kier alpha value is -2.26. The Kier molecular flexibility index (Phi) is 4.49. The van der Waals surface area contributed by atoms with Gasteiger partial charge in [0.1, 0.15) is 12.2 Å². The van der Waals surface area contributed by atoms with Gasteiger partial charge in [-0.25, -0.2) is 18.1 Å². The van der Waals surface area contributed by atoms with Crippen LogP contribution in [-0.4, -0.2) is 57.9 Å². The normalized spacial score (nSPS) is 18.5. The molecule has 0 atom stereocenters. The molecule has 0 N–H and O–H groups in total. The lowest BCUT2D eigenvalue weighted by Gasteiger charge is -2.28. The molecule has 0 radical (unpaired) electrons. The zero-order chi connectivity index (χ0) is 18.1. The monoisotopic (exact) mass is 375 g/mol. The van der Waals surface area contributed by atoms with Gasteiger partial charge >= 0.3 is 0 Å². The van der Waals surface area contributed by atoms with Gasteiger partial charge in [-0.1, -0.05) is 12.5 Å². The first-order chi connectivity index (χ1) is 12.6. The summed E-state index contributed by atoms with van der Waals surface area (Å²) >= 11 is 0. The van der Waals surface area contributed by atoms with Crippen molar-refractivity contribution in [3.63, 3.8) is 0 Å². The van der Waals surface area contributed by atoms with E-state index in [1.807, 2.05) is 0 Å². The number of benzene rings is 1. The van der Waals surface area contributed by atoms with E-state index in [2.05, 4.69) is 10.1 Å². The summed E-state index contributed by atoms with van der Waals surface area (Å²) in [6.45, 7) is 2.58. The molecular formula is C17H21N5O3S. The summed E-state index contributed by atoms with van der Waals surface area (Å²) in [6, 6.07) is 6.35. The van der Waals surface area contributed by atoms with E-state index in [0.717, 1.165) is 25.1 Å².